The van der Waals surface area contributed by atoms with Crippen LogP contribution in [0.25, 0.3) is 11.3 Å². The van der Waals surface area contributed by atoms with Crippen molar-refractivity contribution in [3.8, 4) is 11.3 Å². The van der Waals surface area contributed by atoms with Crippen molar-refractivity contribution >= 4 is 17.6 Å². The monoisotopic (exact) mass is 389 g/mol. The summed E-state index contributed by atoms with van der Waals surface area (Å²) in [6.45, 7) is 4.50. The van der Waals surface area contributed by atoms with E-state index in [9.17, 15) is 9.59 Å². The van der Waals surface area contributed by atoms with Crippen LogP contribution in [0.1, 0.15) is 37.5 Å². The third kappa shape index (κ3) is 4.76. The Labute approximate surface area is 169 Å². The van der Waals surface area contributed by atoms with Crippen molar-refractivity contribution in [1.29, 1.82) is 0 Å². The fourth-order valence-electron chi connectivity index (χ4n) is 3.10. The van der Waals surface area contributed by atoms with E-state index in [1.54, 1.807) is 24.3 Å². The summed E-state index contributed by atoms with van der Waals surface area (Å²) in [5, 5.41) is 5.42. The van der Waals surface area contributed by atoms with Crippen molar-refractivity contribution in [2.45, 2.75) is 20.4 Å². The largest absolute Gasteiger partial charge is 0.382 e. The van der Waals surface area contributed by atoms with Crippen LogP contribution in [0.5, 0.6) is 0 Å². The molecular formula is C22H23N5O2. The zero-order valence-corrected chi connectivity index (χ0v) is 16.6. The maximum absolute atomic E-state index is 12.6. The number of carbonyl (C=O) groups is 2. The van der Waals surface area contributed by atoms with Gasteiger partial charge < -0.3 is 16.4 Å². The van der Waals surface area contributed by atoms with Crippen LogP contribution in [-0.4, -0.2) is 28.8 Å². The Morgan fingerprint density at radius 1 is 1.03 bits per heavy atom. The first-order valence-electron chi connectivity index (χ1n) is 9.18. The fraction of sp³-hybridized carbons (Fsp3) is 0.182. The van der Waals surface area contributed by atoms with Gasteiger partial charge in [-0.3, -0.25) is 9.59 Å². The number of rotatable bonds is 5. The van der Waals surface area contributed by atoms with E-state index in [0.717, 1.165) is 16.7 Å². The number of nitrogens with one attached hydrogen (secondary N) is 2. The highest BCUT2D eigenvalue weighted by atomic mass is 16.2. The molecule has 29 heavy (non-hydrogen) atoms. The molecule has 2 aromatic carbocycles. The zero-order valence-electron chi connectivity index (χ0n) is 16.6. The van der Waals surface area contributed by atoms with Gasteiger partial charge in [0.2, 0.25) is 0 Å². The van der Waals surface area contributed by atoms with Gasteiger partial charge in [0.25, 0.3) is 11.8 Å². The molecule has 148 valence electrons. The predicted molar refractivity (Wildman–Crippen MR) is 112 cm³/mol. The Bertz CT molecular complexity index is 1060. The number of aromatic nitrogens is 2. The van der Waals surface area contributed by atoms with Gasteiger partial charge in [-0.15, -0.1) is 0 Å². The van der Waals surface area contributed by atoms with Gasteiger partial charge >= 0.3 is 0 Å². The van der Waals surface area contributed by atoms with Gasteiger partial charge in [-0.05, 0) is 31.5 Å². The normalized spacial score (nSPS) is 10.4. The Balaban J connectivity index is 1.80. The summed E-state index contributed by atoms with van der Waals surface area (Å²) in [6, 6.07) is 13.2. The van der Waals surface area contributed by atoms with Gasteiger partial charge in [-0.2, -0.15) is 0 Å². The Kier molecular flexibility index (Phi) is 5.87. The quantitative estimate of drug-likeness (QED) is 0.621. The second kappa shape index (κ2) is 8.52. The fourth-order valence-corrected chi connectivity index (χ4v) is 3.10. The standard InChI is InChI=1S/C22H23N5O2/c1-13-7-14(2)9-15(8-13)11-26-21(28)17-6-4-5-16(10-17)18-12-25-20(23)19(27-18)22(29)24-3/h4-10,12H,11H2,1-3H3,(H2,23,25)(H,24,29)(H,26,28). The highest BCUT2D eigenvalue weighted by molar-refractivity contribution is 5.97. The average Bonchev–Trinajstić information content (AvgIpc) is 2.71. The molecule has 0 fully saturated rings. The van der Waals surface area contributed by atoms with E-state index >= 15 is 0 Å². The van der Waals surface area contributed by atoms with E-state index in [-0.39, 0.29) is 17.4 Å². The number of hydrogen-bond donors (Lipinski definition) is 3. The van der Waals surface area contributed by atoms with Gasteiger partial charge in [-0.25, -0.2) is 9.97 Å². The first-order chi connectivity index (χ1) is 13.9. The van der Waals surface area contributed by atoms with Gasteiger partial charge in [0.15, 0.2) is 11.5 Å². The summed E-state index contributed by atoms with van der Waals surface area (Å²) in [5.41, 5.74) is 10.8. The first kappa shape index (κ1) is 20.0. The van der Waals surface area contributed by atoms with E-state index < -0.39 is 5.91 Å². The molecule has 0 aliphatic heterocycles. The molecule has 0 spiro atoms. The summed E-state index contributed by atoms with van der Waals surface area (Å²) < 4.78 is 0. The second-order valence-corrected chi connectivity index (χ2v) is 6.83. The van der Waals surface area contributed by atoms with Crippen LogP contribution in [0.2, 0.25) is 0 Å². The van der Waals surface area contributed by atoms with Crippen LogP contribution < -0.4 is 16.4 Å². The third-order valence-corrected chi connectivity index (χ3v) is 4.40. The van der Waals surface area contributed by atoms with Crippen molar-refractivity contribution in [2.24, 2.45) is 0 Å². The van der Waals surface area contributed by atoms with Crippen molar-refractivity contribution in [3.63, 3.8) is 0 Å². The van der Waals surface area contributed by atoms with Gasteiger partial charge in [-0.1, -0.05) is 41.5 Å². The van der Waals surface area contributed by atoms with Crippen molar-refractivity contribution < 1.29 is 9.59 Å². The Morgan fingerprint density at radius 3 is 2.45 bits per heavy atom. The van der Waals surface area contributed by atoms with E-state index in [1.807, 2.05) is 26.0 Å². The number of carbonyl (C=O) groups excluding carboxylic acids is 2. The van der Waals surface area contributed by atoms with E-state index in [1.165, 1.54) is 13.2 Å². The molecule has 4 N–H and O–H groups in total. The lowest BCUT2D eigenvalue weighted by molar-refractivity contribution is 0.0945. The van der Waals surface area contributed by atoms with Gasteiger partial charge in [0.05, 0.1) is 11.9 Å². The first-order valence-corrected chi connectivity index (χ1v) is 9.18. The molecular weight excluding hydrogens is 366 g/mol. The maximum Gasteiger partial charge on any atom is 0.273 e. The molecule has 0 saturated heterocycles. The Morgan fingerprint density at radius 2 is 1.76 bits per heavy atom. The molecule has 0 aliphatic rings. The molecule has 0 unspecified atom stereocenters. The molecule has 0 aliphatic carbocycles. The second-order valence-electron chi connectivity index (χ2n) is 6.83. The minimum absolute atomic E-state index is 0.0506. The number of amides is 2. The molecule has 0 radical (unpaired) electrons. The molecule has 7 nitrogen and oxygen atoms in total. The average molecular weight is 389 g/mol. The highest BCUT2D eigenvalue weighted by Crippen LogP contribution is 2.20. The number of nitrogens with zero attached hydrogens (tertiary/aromatic N) is 2. The highest BCUT2D eigenvalue weighted by Gasteiger charge is 2.14. The molecule has 0 bridgehead atoms. The lowest BCUT2D eigenvalue weighted by atomic mass is 10.1. The molecule has 0 saturated carbocycles. The van der Waals surface area contributed by atoms with Gasteiger partial charge in [0, 0.05) is 24.7 Å². The van der Waals surface area contributed by atoms with Crippen molar-refractivity contribution in [3.05, 3.63) is 76.6 Å². The minimum Gasteiger partial charge on any atom is -0.382 e. The summed E-state index contributed by atoms with van der Waals surface area (Å²) in [4.78, 5) is 32.9. The maximum atomic E-state index is 12.6. The lowest BCUT2D eigenvalue weighted by Gasteiger charge is -2.09. The summed E-state index contributed by atoms with van der Waals surface area (Å²) in [5.74, 6) is -0.560. The summed E-state index contributed by atoms with van der Waals surface area (Å²) >= 11 is 0. The molecule has 1 heterocycles. The van der Waals surface area contributed by atoms with Crippen LogP contribution in [0.3, 0.4) is 0 Å². The van der Waals surface area contributed by atoms with Crippen molar-refractivity contribution in [2.75, 3.05) is 12.8 Å². The number of benzene rings is 2. The summed E-state index contributed by atoms with van der Waals surface area (Å²) in [6.07, 6.45) is 1.48. The molecule has 3 aromatic rings. The third-order valence-electron chi connectivity index (χ3n) is 4.40. The topological polar surface area (TPSA) is 110 Å². The van der Waals surface area contributed by atoms with E-state index in [0.29, 0.717) is 23.4 Å². The molecule has 7 heteroatoms. The number of nitrogen functional groups attached to an aromatic ring is 1. The lowest BCUT2D eigenvalue weighted by Crippen LogP contribution is -2.23. The van der Waals surface area contributed by atoms with E-state index in [2.05, 4.69) is 26.7 Å². The van der Waals surface area contributed by atoms with Crippen LogP contribution in [0.4, 0.5) is 5.82 Å². The molecule has 1 aromatic heterocycles. The van der Waals surface area contributed by atoms with Crippen LogP contribution >= 0.6 is 0 Å². The number of nitrogens with two attached hydrogens (primary N) is 1. The SMILES string of the molecule is CNC(=O)c1nc(-c2cccc(C(=O)NCc3cc(C)cc(C)c3)c2)cnc1N. The van der Waals surface area contributed by atoms with Gasteiger partial charge in [0.1, 0.15) is 0 Å². The Hall–Kier alpha value is -3.74. The number of hydrogen-bond acceptors (Lipinski definition) is 5. The predicted octanol–water partition coefficient (Wildman–Crippen LogP) is 2.63. The van der Waals surface area contributed by atoms with Crippen molar-refractivity contribution in [1.82, 2.24) is 20.6 Å². The number of aryl methyl sites for hydroxylation is 2. The molecule has 2 amide bonds. The van der Waals surface area contributed by atoms with Crippen LogP contribution in [-0.2, 0) is 6.54 Å². The smallest absolute Gasteiger partial charge is 0.273 e. The summed E-state index contributed by atoms with van der Waals surface area (Å²) in [7, 11) is 1.50. The van der Waals surface area contributed by atoms with E-state index in [4.69, 9.17) is 5.73 Å². The van der Waals surface area contributed by atoms with Crippen LogP contribution in [0, 0.1) is 13.8 Å². The van der Waals surface area contributed by atoms with Crippen LogP contribution in [0.15, 0.2) is 48.7 Å². The zero-order chi connectivity index (χ0) is 21.0. The number of anilines is 1. The molecule has 3 rings (SSSR count). The molecule has 0 atom stereocenters. The minimum atomic E-state index is -0.417.